The number of Topliss-reactive ketones (excluding diaryl/α,β-unsaturated/α-hetero) is 1. The van der Waals surface area contributed by atoms with Gasteiger partial charge in [0.25, 0.3) is 0 Å². The molecule has 0 bridgehead atoms. The third-order valence-corrected chi connectivity index (χ3v) is 7.62. The van der Waals surface area contributed by atoms with Gasteiger partial charge in [-0.2, -0.15) is 0 Å². The van der Waals surface area contributed by atoms with Crippen molar-refractivity contribution in [2.24, 2.45) is 5.92 Å². The van der Waals surface area contributed by atoms with Crippen molar-refractivity contribution in [1.29, 1.82) is 0 Å². The normalized spacial score (nSPS) is 20.2. The van der Waals surface area contributed by atoms with Crippen molar-refractivity contribution in [1.82, 2.24) is 5.32 Å². The minimum atomic E-state index is -0.539. The molecule has 3 atom stereocenters. The van der Waals surface area contributed by atoms with Crippen LogP contribution in [0.2, 0.25) is 0 Å². The lowest BCUT2D eigenvalue weighted by molar-refractivity contribution is -0.139. The Labute approximate surface area is 235 Å². The van der Waals surface area contributed by atoms with Gasteiger partial charge >= 0.3 is 5.97 Å². The molecule has 3 unspecified atom stereocenters. The molecule has 40 heavy (non-hydrogen) atoms. The van der Waals surface area contributed by atoms with Crippen LogP contribution >= 0.6 is 0 Å². The summed E-state index contributed by atoms with van der Waals surface area (Å²) in [6.07, 6.45) is 3.11. The zero-order valence-corrected chi connectivity index (χ0v) is 23.2. The summed E-state index contributed by atoms with van der Waals surface area (Å²) in [4.78, 5) is 27.5. The molecule has 1 N–H and O–H groups in total. The number of benzene rings is 3. The van der Waals surface area contributed by atoms with Gasteiger partial charge in [-0.1, -0.05) is 72.8 Å². The molecule has 0 aromatic heterocycles. The summed E-state index contributed by atoms with van der Waals surface area (Å²) in [5, 5.41) is 3.41. The second-order valence-electron chi connectivity index (χ2n) is 10.1. The van der Waals surface area contributed by atoms with Crippen LogP contribution in [0.25, 0.3) is 0 Å². The summed E-state index contributed by atoms with van der Waals surface area (Å²) in [7, 11) is 1.59. The maximum absolute atomic E-state index is 13.9. The topological polar surface area (TPSA) is 73.9 Å². The predicted octanol–water partition coefficient (Wildman–Crippen LogP) is 6.10. The van der Waals surface area contributed by atoms with Crippen LogP contribution < -0.4 is 14.8 Å². The lowest BCUT2D eigenvalue weighted by Crippen LogP contribution is -2.42. The Kier molecular flexibility index (Phi) is 8.34. The van der Waals surface area contributed by atoms with Crippen LogP contribution in [0.3, 0.4) is 0 Å². The van der Waals surface area contributed by atoms with Crippen molar-refractivity contribution in [2.75, 3.05) is 20.3 Å². The third kappa shape index (κ3) is 5.67. The molecule has 0 amide bonds. The van der Waals surface area contributed by atoms with Crippen LogP contribution in [0, 0.1) is 5.92 Å². The molecule has 0 spiro atoms. The molecule has 0 fully saturated rings. The van der Waals surface area contributed by atoms with Gasteiger partial charge in [-0.3, -0.25) is 4.79 Å². The highest BCUT2D eigenvalue weighted by atomic mass is 16.5. The van der Waals surface area contributed by atoms with Crippen molar-refractivity contribution < 1.29 is 23.8 Å². The fraction of sp³-hybridized carbons (Fsp3) is 0.294. The number of ketones is 1. The van der Waals surface area contributed by atoms with E-state index in [1.54, 1.807) is 7.11 Å². The van der Waals surface area contributed by atoms with Gasteiger partial charge < -0.3 is 19.5 Å². The molecule has 0 radical (unpaired) electrons. The van der Waals surface area contributed by atoms with Crippen molar-refractivity contribution in [2.45, 2.75) is 38.5 Å². The maximum atomic E-state index is 13.9. The molecule has 0 saturated heterocycles. The van der Waals surface area contributed by atoms with Gasteiger partial charge in [0, 0.05) is 36.1 Å². The highest BCUT2D eigenvalue weighted by Gasteiger charge is 2.45. The monoisotopic (exact) mass is 537 g/mol. The molecule has 2 aliphatic rings. The standard InChI is InChI=1S/C34H35NO5/c1-4-39-29-16-15-25(21-30(29)38-3)32-31(34(37)40-18-17-23-11-7-5-8-12-23)22(2)35-27-19-26(20-28(36)33(27)32)24-13-9-6-10-14-24/h5-16,19,21,26,32-33,35H,4,17-18,20H2,1-3H3. The van der Waals surface area contributed by atoms with Crippen LogP contribution in [0.15, 0.2) is 102 Å². The highest BCUT2D eigenvalue weighted by molar-refractivity contribution is 5.96. The Morgan fingerprint density at radius 2 is 1.65 bits per heavy atom. The molecule has 5 rings (SSSR count). The molecule has 1 aliphatic heterocycles. The van der Waals surface area contributed by atoms with E-state index < -0.39 is 17.8 Å². The quantitative estimate of drug-likeness (QED) is 0.333. The second kappa shape index (κ2) is 12.2. The summed E-state index contributed by atoms with van der Waals surface area (Å²) >= 11 is 0. The van der Waals surface area contributed by atoms with Gasteiger partial charge in [-0.25, -0.2) is 4.79 Å². The van der Waals surface area contributed by atoms with Crippen LogP contribution in [-0.4, -0.2) is 32.1 Å². The Morgan fingerprint density at radius 3 is 2.35 bits per heavy atom. The molecule has 6 heteroatoms. The Morgan fingerprint density at radius 1 is 0.925 bits per heavy atom. The number of hydrogen-bond acceptors (Lipinski definition) is 6. The Hall–Kier alpha value is -4.32. The van der Waals surface area contributed by atoms with Crippen molar-refractivity contribution in [3.05, 3.63) is 119 Å². The largest absolute Gasteiger partial charge is 0.493 e. The molecule has 3 aromatic rings. The Balaban J connectivity index is 1.52. The van der Waals surface area contributed by atoms with Crippen LogP contribution in [0.5, 0.6) is 11.5 Å². The molecular formula is C34H35NO5. The van der Waals surface area contributed by atoms with E-state index in [1.807, 2.05) is 92.7 Å². The molecule has 206 valence electrons. The van der Waals surface area contributed by atoms with Gasteiger partial charge in [0.05, 0.1) is 31.8 Å². The number of rotatable bonds is 9. The van der Waals surface area contributed by atoms with Crippen LogP contribution in [-0.2, 0) is 20.7 Å². The SMILES string of the molecule is CCOc1ccc(C2C(C(=O)OCCc3ccccc3)=C(C)NC3=CC(c4ccccc4)CC(=O)C32)cc1OC. The summed E-state index contributed by atoms with van der Waals surface area (Å²) in [6, 6.07) is 25.6. The van der Waals surface area contributed by atoms with E-state index >= 15 is 0 Å². The molecular weight excluding hydrogens is 502 g/mol. The highest BCUT2D eigenvalue weighted by Crippen LogP contribution is 2.47. The number of esters is 1. The van der Waals surface area contributed by atoms with E-state index in [2.05, 4.69) is 11.4 Å². The number of nitrogens with one attached hydrogen (secondary N) is 1. The molecule has 1 aliphatic carbocycles. The first-order chi connectivity index (χ1) is 19.5. The first-order valence-electron chi connectivity index (χ1n) is 13.8. The lowest BCUT2D eigenvalue weighted by Gasteiger charge is -2.39. The average Bonchev–Trinajstić information content (AvgIpc) is 2.97. The maximum Gasteiger partial charge on any atom is 0.336 e. The van der Waals surface area contributed by atoms with E-state index in [9.17, 15) is 9.59 Å². The zero-order chi connectivity index (χ0) is 28.1. The number of hydrogen-bond donors (Lipinski definition) is 1. The minimum absolute atomic E-state index is 0.0323. The number of allylic oxidation sites excluding steroid dienone is 3. The molecule has 1 heterocycles. The predicted molar refractivity (Wildman–Crippen MR) is 154 cm³/mol. The van der Waals surface area contributed by atoms with Gasteiger partial charge in [-0.15, -0.1) is 0 Å². The van der Waals surface area contributed by atoms with E-state index in [0.29, 0.717) is 42.2 Å². The van der Waals surface area contributed by atoms with Gasteiger partial charge in [-0.05, 0) is 42.7 Å². The number of fused-ring (bicyclic) bond motifs is 1. The van der Waals surface area contributed by atoms with E-state index in [1.165, 1.54) is 0 Å². The first-order valence-corrected chi connectivity index (χ1v) is 13.8. The average molecular weight is 538 g/mol. The Bertz CT molecular complexity index is 1430. The van der Waals surface area contributed by atoms with Gasteiger partial charge in [0.15, 0.2) is 11.5 Å². The van der Waals surface area contributed by atoms with E-state index in [4.69, 9.17) is 14.2 Å². The summed E-state index contributed by atoms with van der Waals surface area (Å²) in [5.41, 5.74) is 4.96. The molecule has 6 nitrogen and oxygen atoms in total. The summed E-state index contributed by atoms with van der Waals surface area (Å²) in [5.74, 6) is -0.258. The van der Waals surface area contributed by atoms with Crippen molar-refractivity contribution in [3.8, 4) is 11.5 Å². The zero-order valence-electron chi connectivity index (χ0n) is 23.2. The second-order valence-corrected chi connectivity index (χ2v) is 10.1. The fourth-order valence-electron chi connectivity index (χ4n) is 5.75. The fourth-order valence-corrected chi connectivity index (χ4v) is 5.75. The van der Waals surface area contributed by atoms with E-state index in [-0.39, 0.29) is 18.3 Å². The lowest BCUT2D eigenvalue weighted by atomic mass is 9.68. The van der Waals surface area contributed by atoms with Gasteiger partial charge in [0.1, 0.15) is 5.78 Å². The minimum Gasteiger partial charge on any atom is -0.493 e. The molecule has 3 aromatic carbocycles. The van der Waals surface area contributed by atoms with Crippen molar-refractivity contribution in [3.63, 3.8) is 0 Å². The number of ether oxygens (including phenoxy) is 3. The number of methoxy groups -OCH3 is 1. The number of carbonyl (C=O) groups is 2. The number of carbonyl (C=O) groups excluding carboxylic acids is 2. The molecule has 0 saturated carbocycles. The third-order valence-electron chi connectivity index (χ3n) is 7.62. The van der Waals surface area contributed by atoms with Crippen molar-refractivity contribution >= 4 is 11.8 Å². The van der Waals surface area contributed by atoms with Crippen LogP contribution in [0.1, 0.15) is 48.8 Å². The van der Waals surface area contributed by atoms with Gasteiger partial charge in [0.2, 0.25) is 0 Å². The summed E-state index contributed by atoms with van der Waals surface area (Å²) in [6.45, 7) is 4.53. The van der Waals surface area contributed by atoms with Crippen LogP contribution in [0.4, 0.5) is 0 Å². The van der Waals surface area contributed by atoms with E-state index in [0.717, 1.165) is 22.4 Å². The first kappa shape index (κ1) is 27.3. The summed E-state index contributed by atoms with van der Waals surface area (Å²) < 4.78 is 17.2. The smallest absolute Gasteiger partial charge is 0.336 e.